The van der Waals surface area contributed by atoms with Gasteiger partial charge in [0, 0.05) is 4.47 Å². The Labute approximate surface area is 216 Å². The first kappa shape index (κ1) is 22.1. The molecule has 0 radical (unpaired) electrons. The molecule has 4 amide bonds. The molecule has 8 rings (SSSR count). The van der Waals surface area contributed by atoms with Gasteiger partial charge in [-0.05, 0) is 103 Å². The molecule has 2 aliphatic heterocycles. The Morgan fingerprint density at radius 1 is 0.917 bits per heavy atom. The van der Waals surface area contributed by atoms with Gasteiger partial charge in [0.1, 0.15) is 5.57 Å². The molecular formula is C28H25BrN2O5. The van der Waals surface area contributed by atoms with Crippen LogP contribution in [-0.2, 0) is 15.0 Å². The lowest BCUT2D eigenvalue weighted by atomic mass is 9.48. The number of barbiturate groups is 1. The normalized spacial score (nSPS) is 31.4. The van der Waals surface area contributed by atoms with Crippen LogP contribution in [0.2, 0.25) is 0 Å². The molecule has 0 atom stereocenters. The number of carbonyl (C=O) groups is 3. The van der Waals surface area contributed by atoms with E-state index in [1.807, 2.05) is 12.1 Å². The number of imide groups is 2. The monoisotopic (exact) mass is 548 g/mol. The maximum Gasteiger partial charge on any atom is 0.335 e. The molecule has 0 unspecified atom stereocenters. The topological polar surface area (TPSA) is 84.9 Å². The number of hydrogen-bond donors (Lipinski definition) is 1. The quantitative estimate of drug-likeness (QED) is 0.415. The van der Waals surface area contributed by atoms with Crippen molar-refractivity contribution in [3.63, 3.8) is 0 Å². The molecule has 4 saturated carbocycles. The van der Waals surface area contributed by atoms with Crippen molar-refractivity contribution in [2.45, 2.75) is 43.9 Å². The molecule has 2 heterocycles. The Bertz CT molecular complexity index is 1310. The lowest BCUT2D eigenvalue weighted by molar-refractivity contribution is -0.122. The number of amides is 4. The van der Waals surface area contributed by atoms with Gasteiger partial charge < -0.3 is 9.47 Å². The van der Waals surface area contributed by atoms with E-state index in [0.717, 1.165) is 22.7 Å². The number of anilines is 1. The van der Waals surface area contributed by atoms with Gasteiger partial charge in [-0.15, -0.1) is 0 Å². The second kappa shape index (κ2) is 7.93. The summed E-state index contributed by atoms with van der Waals surface area (Å²) >= 11 is 3.46. The predicted molar refractivity (Wildman–Crippen MR) is 136 cm³/mol. The van der Waals surface area contributed by atoms with Gasteiger partial charge in [0.25, 0.3) is 11.8 Å². The van der Waals surface area contributed by atoms with E-state index in [-0.39, 0.29) is 17.8 Å². The van der Waals surface area contributed by atoms with Crippen molar-refractivity contribution in [3.05, 3.63) is 57.6 Å². The van der Waals surface area contributed by atoms with E-state index in [2.05, 4.69) is 33.4 Å². The smallest absolute Gasteiger partial charge is 0.335 e. The molecule has 0 spiro atoms. The summed E-state index contributed by atoms with van der Waals surface area (Å²) in [6.07, 6.45) is 9.33. The fourth-order valence-electron chi connectivity index (χ4n) is 7.52. The van der Waals surface area contributed by atoms with Gasteiger partial charge in [0.05, 0.1) is 5.69 Å². The maximum absolute atomic E-state index is 13.4. The minimum absolute atomic E-state index is 0.114. The van der Waals surface area contributed by atoms with Crippen molar-refractivity contribution in [1.29, 1.82) is 0 Å². The van der Waals surface area contributed by atoms with Crippen molar-refractivity contribution in [1.82, 2.24) is 5.32 Å². The number of urea groups is 1. The van der Waals surface area contributed by atoms with Gasteiger partial charge in [0.15, 0.2) is 11.5 Å². The molecule has 2 aromatic rings. The third kappa shape index (κ3) is 3.41. The van der Waals surface area contributed by atoms with E-state index >= 15 is 0 Å². The van der Waals surface area contributed by atoms with Crippen LogP contribution in [0.3, 0.4) is 0 Å². The minimum Gasteiger partial charge on any atom is -0.454 e. The highest BCUT2D eigenvalue weighted by Crippen LogP contribution is 2.60. The highest BCUT2D eigenvalue weighted by Gasteiger charge is 2.51. The lowest BCUT2D eigenvalue weighted by Crippen LogP contribution is -2.54. The van der Waals surface area contributed by atoms with Crippen LogP contribution in [0.15, 0.2) is 46.4 Å². The van der Waals surface area contributed by atoms with Gasteiger partial charge in [-0.1, -0.05) is 28.1 Å². The van der Waals surface area contributed by atoms with Crippen LogP contribution in [-0.4, -0.2) is 24.6 Å². The number of ether oxygens (including phenoxy) is 2. The summed E-state index contributed by atoms with van der Waals surface area (Å²) < 4.78 is 11.4. The zero-order chi connectivity index (χ0) is 24.6. The minimum atomic E-state index is -0.741. The number of hydrogen-bond acceptors (Lipinski definition) is 5. The van der Waals surface area contributed by atoms with E-state index in [1.165, 1.54) is 50.2 Å². The second-order valence-electron chi connectivity index (χ2n) is 10.9. The predicted octanol–water partition coefficient (Wildman–Crippen LogP) is 5.31. The van der Waals surface area contributed by atoms with Crippen molar-refractivity contribution in [2.75, 3.05) is 11.7 Å². The first-order valence-corrected chi connectivity index (χ1v) is 13.3. The highest BCUT2D eigenvalue weighted by molar-refractivity contribution is 9.10. The molecule has 36 heavy (non-hydrogen) atoms. The molecule has 4 aliphatic carbocycles. The van der Waals surface area contributed by atoms with Crippen LogP contribution >= 0.6 is 15.9 Å². The third-order valence-electron chi connectivity index (χ3n) is 8.67. The fraction of sp³-hybridized carbons (Fsp3) is 0.393. The largest absolute Gasteiger partial charge is 0.454 e. The Hall–Kier alpha value is -3.13. The number of halogens is 1. The summed E-state index contributed by atoms with van der Waals surface area (Å²) in [6.45, 7) is 0.114. The fourth-order valence-corrected chi connectivity index (χ4v) is 7.96. The van der Waals surface area contributed by atoms with E-state index in [1.54, 1.807) is 12.1 Å². The Morgan fingerprint density at radius 2 is 1.53 bits per heavy atom. The van der Waals surface area contributed by atoms with Gasteiger partial charge in [-0.2, -0.15) is 0 Å². The van der Waals surface area contributed by atoms with Crippen molar-refractivity contribution < 1.29 is 23.9 Å². The number of benzene rings is 2. The molecule has 1 N–H and O–H groups in total. The molecule has 8 heteroatoms. The zero-order valence-corrected chi connectivity index (χ0v) is 21.2. The SMILES string of the molecule is O=C1NC(=O)N(c2ccc(C34CC5CC(CC(C5)C3)C4)cc2)C(=O)/C1=C\c1cc2c(cc1Br)OCO2. The Kier molecular flexibility index (Phi) is 4.87. The van der Waals surface area contributed by atoms with E-state index < -0.39 is 17.8 Å². The van der Waals surface area contributed by atoms with Gasteiger partial charge in [-0.25, -0.2) is 9.69 Å². The van der Waals surface area contributed by atoms with E-state index in [4.69, 9.17) is 9.47 Å². The van der Waals surface area contributed by atoms with Crippen LogP contribution in [0.1, 0.15) is 49.7 Å². The standard InChI is InChI=1S/C28H25BrN2O5/c29-22-10-24-23(35-14-36-24)9-18(22)8-21-25(32)30-27(34)31(26(21)33)20-3-1-19(2-4-20)28-11-15-5-16(12-28)7-17(6-15)13-28/h1-4,8-10,15-17H,5-7,11-14H2,(H,30,32,34)/b21-8-. The average molecular weight is 549 g/mol. The number of fused-ring (bicyclic) bond motifs is 1. The molecule has 4 bridgehead atoms. The number of nitrogens with zero attached hydrogens (tertiary/aromatic N) is 1. The molecular weight excluding hydrogens is 524 g/mol. The molecule has 1 saturated heterocycles. The lowest BCUT2D eigenvalue weighted by Gasteiger charge is -2.57. The van der Waals surface area contributed by atoms with Crippen molar-refractivity contribution >= 4 is 45.5 Å². The maximum atomic E-state index is 13.4. The van der Waals surface area contributed by atoms with Crippen molar-refractivity contribution in [2.24, 2.45) is 17.8 Å². The van der Waals surface area contributed by atoms with Crippen LogP contribution in [0, 0.1) is 17.8 Å². The molecule has 0 aromatic heterocycles. The summed E-state index contributed by atoms with van der Waals surface area (Å²) in [5.41, 5.74) is 2.44. The van der Waals surface area contributed by atoms with Gasteiger partial charge >= 0.3 is 6.03 Å². The van der Waals surface area contributed by atoms with E-state index in [9.17, 15) is 14.4 Å². The van der Waals surface area contributed by atoms with Crippen LogP contribution in [0.5, 0.6) is 11.5 Å². The summed E-state index contributed by atoms with van der Waals surface area (Å²) in [5, 5.41) is 2.31. The van der Waals surface area contributed by atoms with Crippen LogP contribution in [0.4, 0.5) is 10.5 Å². The Balaban J connectivity index is 1.19. The van der Waals surface area contributed by atoms with E-state index in [0.29, 0.717) is 27.2 Å². The summed E-state index contributed by atoms with van der Waals surface area (Å²) in [5.74, 6) is 2.23. The molecule has 2 aromatic carbocycles. The Morgan fingerprint density at radius 3 is 2.17 bits per heavy atom. The van der Waals surface area contributed by atoms with Crippen molar-refractivity contribution in [3.8, 4) is 11.5 Å². The van der Waals surface area contributed by atoms with Gasteiger partial charge in [-0.3, -0.25) is 14.9 Å². The molecule has 7 nitrogen and oxygen atoms in total. The second-order valence-corrected chi connectivity index (χ2v) is 11.8. The number of carbonyl (C=O) groups excluding carboxylic acids is 3. The number of nitrogens with one attached hydrogen (secondary N) is 1. The highest BCUT2D eigenvalue weighted by atomic mass is 79.9. The first-order valence-electron chi connectivity index (χ1n) is 12.5. The van der Waals surface area contributed by atoms with Crippen LogP contribution in [0.25, 0.3) is 6.08 Å². The first-order chi connectivity index (χ1) is 17.4. The summed E-state index contributed by atoms with van der Waals surface area (Å²) in [4.78, 5) is 39.8. The molecule has 6 aliphatic rings. The number of rotatable bonds is 3. The summed E-state index contributed by atoms with van der Waals surface area (Å²) in [6, 6.07) is 10.5. The summed E-state index contributed by atoms with van der Waals surface area (Å²) in [7, 11) is 0. The molecule has 184 valence electrons. The van der Waals surface area contributed by atoms with Crippen LogP contribution < -0.4 is 19.7 Å². The molecule has 5 fully saturated rings. The van der Waals surface area contributed by atoms with Gasteiger partial charge in [0.2, 0.25) is 6.79 Å². The zero-order valence-electron chi connectivity index (χ0n) is 19.6. The average Bonchev–Trinajstić information content (AvgIpc) is 3.28. The third-order valence-corrected chi connectivity index (χ3v) is 9.36.